The summed E-state index contributed by atoms with van der Waals surface area (Å²) in [4.78, 5) is 24.1. The minimum Gasteiger partial charge on any atom is -0.497 e. The molecule has 5 nitrogen and oxygen atoms in total. The van der Waals surface area contributed by atoms with E-state index in [1.807, 2.05) is 27.7 Å². The van der Waals surface area contributed by atoms with Crippen LogP contribution < -0.4 is 15.4 Å². The number of hydrogen-bond donors (Lipinski definition) is 2. The van der Waals surface area contributed by atoms with Crippen molar-refractivity contribution >= 4 is 23.2 Å². The normalized spacial score (nSPS) is 11.9. The third kappa shape index (κ3) is 5.06. The summed E-state index contributed by atoms with van der Waals surface area (Å²) >= 11 is 0. The van der Waals surface area contributed by atoms with Crippen LogP contribution in [0.15, 0.2) is 18.2 Å². The second-order valence-corrected chi connectivity index (χ2v) is 5.73. The molecule has 0 aliphatic heterocycles. The van der Waals surface area contributed by atoms with Crippen LogP contribution in [0.2, 0.25) is 0 Å². The van der Waals surface area contributed by atoms with E-state index >= 15 is 0 Å². The number of anilines is 2. The average Bonchev–Trinajstić information content (AvgIpc) is 2.48. The molecule has 0 radical (unpaired) electrons. The van der Waals surface area contributed by atoms with Crippen LogP contribution in [0, 0.1) is 11.8 Å². The van der Waals surface area contributed by atoms with E-state index in [0.717, 1.165) is 12.8 Å². The number of benzene rings is 1. The third-order valence-corrected chi connectivity index (χ3v) is 3.44. The van der Waals surface area contributed by atoms with Gasteiger partial charge in [0.1, 0.15) is 5.75 Å². The van der Waals surface area contributed by atoms with Crippen molar-refractivity contribution in [3.05, 3.63) is 18.2 Å². The van der Waals surface area contributed by atoms with Gasteiger partial charge in [0.2, 0.25) is 11.8 Å². The number of methoxy groups -OCH3 is 1. The number of ether oxygens (including phenoxy) is 1. The van der Waals surface area contributed by atoms with Gasteiger partial charge in [-0.1, -0.05) is 34.1 Å². The Kier molecular flexibility index (Phi) is 6.89. The summed E-state index contributed by atoms with van der Waals surface area (Å²) in [6.45, 7) is 7.58. The molecule has 22 heavy (non-hydrogen) atoms. The van der Waals surface area contributed by atoms with Gasteiger partial charge in [-0.3, -0.25) is 9.59 Å². The van der Waals surface area contributed by atoms with E-state index in [2.05, 4.69) is 10.6 Å². The van der Waals surface area contributed by atoms with Gasteiger partial charge in [-0.2, -0.15) is 0 Å². The molecule has 0 aromatic heterocycles. The first-order chi connectivity index (χ1) is 10.4. The van der Waals surface area contributed by atoms with Crippen LogP contribution in [0.4, 0.5) is 11.4 Å². The van der Waals surface area contributed by atoms with E-state index < -0.39 is 0 Å². The lowest BCUT2D eigenvalue weighted by Gasteiger charge is -2.17. The van der Waals surface area contributed by atoms with Gasteiger partial charge in [-0.15, -0.1) is 0 Å². The first-order valence-corrected chi connectivity index (χ1v) is 7.68. The Hall–Kier alpha value is -2.04. The van der Waals surface area contributed by atoms with Crippen LogP contribution in [0.5, 0.6) is 5.75 Å². The van der Waals surface area contributed by atoms with Crippen LogP contribution >= 0.6 is 0 Å². The second-order valence-electron chi connectivity index (χ2n) is 5.73. The predicted octanol–water partition coefficient (Wildman–Crippen LogP) is 3.66. The second kappa shape index (κ2) is 8.41. The lowest BCUT2D eigenvalue weighted by Crippen LogP contribution is -2.23. The third-order valence-electron chi connectivity index (χ3n) is 3.44. The van der Waals surface area contributed by atoms with E-state index in [1.165, 1.54) is 0 Å². The molecule has 0 saturated heterocycles. The van der Waals surface area contributed by atoms with Crippen molar-refractivity contribution in [2.24, 2.45) is 11.8 Å². The molecule has 1 unspecified atom stereocenters. The molecule has 2 amide bonds. The maximum absolute atomic E-state index is 12.2. The van der Waals surface area contributed by atoms with E-state index in [4.69, 9.17) is 4.74 Å². The molecule has 1 rings (SSSR count). The number of hydrogen-bond acceptors (Lipinski definition) is 3. The summed E-state index contributed by atoms with van der Waals surface area (Å²) in [5.41, 5.74) is 1.14. The summed E-state index contributed by atoms with van der Waals surface area (Å²) in [6, 6.07) is 5.21. The quantitative estimate of drug-likeness (QED) is 0.807. The zero-order valence-corrected chi connectivity index (χ0v) is 14.0. The monoisotopic (exact) mass is 306 g/mol. The van der Waals surface area contributed by atoms with Gasteiger partial charge < -0.3 is 15.4 Å². The molecular weight excluding hydrogens is 280 g/mol. The molecule has 2 N–H and O–H groups in total. The highest BCUT2D eigenvalue weighted by molar-refractivity contribution is 6.00. The minimum absolute atomic E-state index is 0.0490. The highest BCUT2D eigenvalue weighted by Gasteiger charge is 2.16. The molecule has 0 saturated carbocycles. The van der Waals surface area contributed by atoms with Crippen molar-refractivity contribution < 1.29 is 14.3 Å². The van der Waals surface area contributed by atoms with Gasteiger partial charge in [0, 0.05) is 17.9 Å². The fraction of sp³-hybridized carbons (Fsp3) is 0.529. The summed E-state index contributed by atoms with van der Waals surface area (Å²) < 4.78 is 5.18. The van der Waals surface area contributed by atoms with Gasteiger partial charge >= 0.3 is 0 Å². The average molecular weight is 306 g/mol. The smallest absolute Gasteiger partial charge is 0.227 e. The van der Waals surface area contributed by atoms with Crippen LogP contribution in [-0.4, -0.2) is 18.9 Å². The van der Waals surface area contributed by atoms with Gasteiger partial charge in [0.05, 0.1) is 18.5 Å². The summed E-state index contributed by atoms with van der Waals surface area (Å²) in [5.74, 6) is 0.255. The molecule has 0 aliphatic rings. The van der Waals surface area contributed by atoms with Crippen LogP contribution in [0.1, 0.15) is 40.5 Å². The lowest BCUT2D eigenvalue weighted by molar-refractivity contribution is -0.120. The molecular formula is C17H26N2O3. The molecule has 5 heteroatoms. The first kappa shape index (κ1) is 18.0. The highest BCUT2D eigenvalue weighted by Crippen LogP contribution is 2.28. The van der Waals surface area contributed by atoms with Crippen molar-refractivity contribution in [1.82, 2.24) is 0 Å². The topological polar surface area (TPSA) is 67.4 Å². The van der Waals surface area contributed by atoms with Crippen molar-refractivity contribution in [2.75, 3.05) is 17.7 Å². The van der Waals surface area contributed by atoms with Gasteiger partial charge in [-0.05, 0) is 18.6 Å². The standard InChI is InChI=1S/C17H26N2O3/c1-6-7-12(4)17(21)18-14-9-8-13(22-5)10-15(14)19-16(20)11(2)3/h8-12H,6-7H2,1-5H3,(H,18,21)(H,19,20). The Morgan fingerprint density at radius 2 is 1.73 bits per heavy atom. The zero-order valence-electron chi connectivity index (χ0n) is 14.0. The SMILES string of the molecule is CCCC(C)C(=O)Nc1ccc(OC)cc1NC(=O)C(C)C. The predicted molar refractivity (Wildman–Crippen MR) is 89.2 cm³/mol. The fourth-order valence-corrected chi connectivity index (χ4v) is 1.96. The number of rotatable bonds is 7. The van der Waals surface area contributed by atoms with Crippen molar-refractivity contribution in [2.45, 2.75) is 40.5 Å². The summed E-state index contributed by atoms with van der Waals surface area (Å²) in [7, 11) is 1.56. The van der Waals surface area contributed by atoms with Crippen LogP contribution in [0.3, 0.4) is 0 Å². The largest absolute Gasteiger partial charge is 0.497 e. The molecule has 1 atom stereocenters. The number of carbonyl (C=O) groups excluding carboxylic acids is 2. The van der Waals surface area contributed by atoms with Gasteiger partial charge in [0.25, 0.3) is 0 Å². The van der Waals surface area contributed by atoms with Crippen LogP contribution in [0.25, 0.3) is 0 Å². The van der Waals surface area contributed by atoms with Crippen molar-refractivity contribution in [1.29, 1.82) is 0 Å². The van der Waals surface area contributed by atoms with Crippen molar-refractivity contribution in [3.63, 3.8) is 0 Å². The first-order valence-electron chi connectivity index (χ1n) is 7.68. The summed E-state index contributed by atoms with van der Waals surface area (Å²) in [5, 5.41) is 5.71. The Balaban J connectivity index is 2.97. The maximum Gasteiger partial charge on any atom is 0.227 e. The molecule has 122 valence electrons. The molecule has 0 bridgehead atoms. The molecule has 0 fully saturated rings. The van der Waals surface area contributed by atoms with Gasteiger partial charge in [0.15, 0.2) is 0 Å². The molecule has 0 aliphatic carbocycles. The Labute approximate surface area is 132 Å². The molecule has 1 aromatic carbocycles. The number of amides is 2. The number of carbonyl (C=O) groups is 2. The lowest BCUT2D eigenvalue weighted by atomic mass is 10.1. The Morgan fingerprint density at radius 3 is 2.27 bits per heavy atom. The summed E-state index contributed by atoms with van der Waals surface area (Å²) in [6.07, 6.45) is 1.78. The van der Waals surface area contributed by atoms with Gasteiger partial charge in [-0.25, -0.2) is 0 Å². The maximum atomic E-state index is 12.2. The molecule has 0 spiro atoms. The Morgan fingerprint density at radius 1 is 1.09 bits per heavy atom. The van der Waals surface area contributed by atoms with E-state index in [9.17, 15) is 9.59 Å². The van der Waals surface area contributed by atoms with Crippen molar-refractivity contribution in [3.8, 4) is 5.75 Å². The molecule has 0 heterocycles. The number of nitrogens with one attached hydrogen (secondary N) is 2. The Bertz CT molecular complexity index is 527. The van der Waals surface area contributed by atoms with E-state index in [0.29, 0.717) is 17.1 Å². The van der Waals surface area contributed by atoms with Crippen LogP contribution in [-0.2, 0) is 9.59 Å². The zero-order chi connectivity index (χ0) is 16.7. The van der Waals surface area contributed by atoms with E-state index in [-0.39, 0.29) is 23.7 Å². The highest BCUT2D eigenvalue weighted by atomic mass is 16.5. The van der Waals surface area contributed by atoms with E-state index in [1.54, 1.807) is 25.3 Å². The molecule has 1 aromatic rings. The minimum atomic E-state index is -0.145. The fourth-order valence-electron chi connectivity index (χ4n) is 1.96.